The fraction of sp³-hybridized carbons (Fsp3) is 0.320. The highest BCUT2D eigenvalue weighted by molar-refractivity contribution is 5.98. The summed E-state index contributed by atoms with van der Waals surface area (Å²) in [7, 11) is 0. The Balaban J connectivity index is 1.31. The van der Waals surface area contributed by atoms with Crippen LogP contribution in [0.1, 0.15) is 28.8 Å². The number of halogens is 1. The molecule has 9 heteroatoms. The zero-order valence-corrected chi connectivity index (χ0v) is 18.8. The first-order valence-corrected chi connectivity index (χ1v) is 11.5. The second-order valence-corrected chi connectivity index (χ2v) is 9.17. The smallest absolute Gasteiger partial charge is 0.256 e. The lowest BCUT2D eigenvalue weighted by molar-refractivity contribution is 0.0591. The number of carbonyl (C=O) groups excluding carboxylic acids is 1. The second kappa shape index (κ2) is 8.16. The van der Waals surface area contributed by atoms with Crippen molar-refractivity contribution in [1.29, 1.82) is 0 Å². The number of benzene rings is 2. The van der Waals surface area contributed by atoms with E-state index in [0.717, 1.165) is 24.9 Å². The van der Waals surface area contributed by atoms with E-state index in [4.69, 9.17) is 4.98 Å². The van der Waals surface area contributed by atoms with E-state index in [9.17, 15) is 9.18 Å². The summed E-state index contributed by atoms with van der Waals surface area (Å²) in [6, 6.07) is 10.4. The summed E-state index contributed by atoms with van der Waals surface area (Å²) in [6.45, 7) is 4.12. The lowest BCUT2D eigenvalue weighted by atomic mass is 9.94. The van der Waals surface area contributed by atoms with Crippen molar-refractivity contribution in [3.8, 4) is 5.69 Å². The van der Waals surface area contributed by atoms with Gasteiger partial charge in [-0.2, -0.15) is 15.0 Å². The molecule has 0 saturated carbocycles. The lowest BCUT2D eigenvalue weighted by Crippen LogP contribution is -2.47. The van der Waals surface area contributed by atoms with Crippen LogP contribution in [0.25, 0.3) is 16.6 Å². The highest BCUT2D eigenvalue weighted by atomic mass is 19.1. The third-order valence-electron chi connectivity index (χ3n) is 6.80. The quantitative estimate of drug-likeness (QED) is 0.469. The van der Waals surface area contributed by atoms with E-state index in [1.54, 1.807) is 24.7 Å². The Morgan fingerprint density at radius 1 is 1.03 bits per heavy atom. The average Bonchev–Trinajstić information content (AvgIpc) is 3.22. The highest BCUT2D eigenvalue weighted by Gasteiger charge is 2.39. The van der Waals surface area contributed by atoms with E-state index >= 15 is 0 Å². The first kappa shape index (κ1) is 20.7. The standard InChI is InChI=1S/C25H24FN7O/c1-16-2-7-23(33-28-8-9-29-33)21(10-16)24(34)32-14-17-3-5-20(32)15-31(13-17)25-27-12-18-11-19(26)4-6-22(18)30-25/h2,4,6-12,17,20H,3,5,13-15H2,1H3. The number of nitrogens with zero attached hydrogens (tertiary/aromatic N) is 7. The predicted molar refractivity (Wildman–Crippen MR) is 125 cm³/mol. The molecule has 34 heavy (non-hydrogen) atoms. The van der Waals surface area contributed by atoms with Gasteiger partial charge < -0.3 is 9.80 Å². The molecule has 8 nitrogen and oxygen atoms in total. The molecule has 0 spiro atoms. The van der Waals surface area contributed by atoms with Gasteiger partial charge in [-0.3, -0.25) is 4.79 Å². The van der Waals surface area contributed by atoms with Crippen molar-refractivity contribution in [1.82, 2.24) is 29.9 Å². The molecular weight excluding hydrogens is 433 g/mol. The van der Waals surface area contributed by atoms with Crippen LogP contribution in [0.2, 0.25) is 0 Å². The minimum absolute atomic E-state index is 0.00227. The number of anilines is 1. The lowest BCUT2D eigenvalue weighted by Gasteiger charge is -2.36. The first-order chi connectivity index (χ1) is 16.5. The van der Waals surface area contributed by atoms with Gasteiger partial charge in [0, 0.05) is 37.3 Å². The summed E-state index contributed by atoms with van der Waals surface area (Å²) in [5.74, 6) is 0.655. The summed E-state index contributed by atoms with van der Waals surface area (Å²) in [4.78, 5) is 28.7. The minimum Gasteiger partial charge on any atom is -0.338 e. The Morgan fingerprint density at radius 2 is 1.88 bits per heavy atom. The number of hydrogen-bond acceptors (Lipinski definition) is 6. The molecule has 5 heterocycles. The van der Waals surface area contributed by atoms with Crippen molar-refractivity contribution in [2.45, 2.75) is 25.8 Å². The average molecular weight is 458 g/mol. The molecule has 2 atom stereocenters. The van der Waals surface area contributed by atoms with Gasteiger partial charge in [0.25, 0.3) is 5.91 Å². The molecule has 2 bridgehead atoms. The maximum Gasteiger partial charge on any atom is 0.256 e. The first-order valence-electron chi connectivity index (χ1n) is 11.5. The fourth-order valence-electron chi connectivity index (χ4n) is 5.13. The molecule has 3 aliphatic heterocycles. The van der Waals surface area contributed by atoms with E-state index in [0.29, 0.717) is 47.1 Å². The van der Waals surface area contributed by atoms with Crippen LogP contribution < -0.4 is 4.90 Å². The number of carbonyl (C=O) groups is 1. The van der Waals surface area contributed by atoms with Crippen molar-refractivity contribution < 1.29 is 9.18 Å². The number of rotatable bonds is 3. The van der Waals surface area contributed by atoms with Crippen LogP contribution in [-0.2, 0) is 0 Å². The number of aryl methyl sites for hydroxylation is 1. The zero-order chi connectivity index (χ0) is 23.2. The summed E-state index contributed by atoms with van der Waals surface area (Å²) in [5.41, 5.74) is 3.02. The van der Waals surface area contributed by atoms with Crippen LogP contribution in [0.4, 0.5) is 10.3 Å². The van der Waals surface area contributed by atoms with Gasteiger partial charge in [-0.05, 0) is 56.0 Å². The van der Waals surface area contributed by atoms with Crippen LogP contribution in [0.5, 0.6) is 0 Å². The van der Waals surface area contributed by atoms with Gasteiger partial charge in [-0.1, -0.05) is 11.6 Å². The molecular formula is C25H24FN7O. The third kappa shape index (κ3) is 3.67. The fourth-order valence-corrected chi connectivity index (χ4v) is 5.13. The Kier molecular flexibility index (Phi) is 4.97. The molecule has 172 valence electrons. The van der Waals surface area contributed by atoms with Crippen molar-refractivity contribution in [2.75, 3.05) is 24.5 Å². The van der Waals surface area contributed by atoms with E-state index in [-0.39, 0.29) is 17.8 Å². The van der Waals surface area contributed by atoms with Crippen molar-refractivity contribution in [2.24, 2.45) is 5.92 Å². The topological polar surface area (TPSA) is 80.0 Å². The number of hydrogen-bond donors (Lipinski definition) is 0. The zero-order valence-electron chi connectivity index (χ0n) is 18.8. The molecule has 0 N–H and O–H groups in total. The Hall–Kier alpha value is -3.88. The molecule has 3 aliphatic rings. The van der Waals surface area contributed by atoms with E-state index in [1.807, 2.05) is 30.0 Å². The molecule has 2 unspecified atom stereocenters. The predicted octanol–water partition coefficient (Wildman–Crippen LogP) is 3.40. The van der Waals surface area contributed by atoms with Crippen LogP contribution in [0.3, 0.4) is 0 Å². The molecule has 3 saturated heterocycles. The van der Waals surface area contributed by atoms with Crippen LogP contribution >= 0.6 is 0 Å². The molecule has 0 aliphatic carbocycles. The van der Waals surface area contributed by atoms with Crippen molar-refractivity contribution in [3.63, 3.8) is 0 Å². The van der Waals surface area contributed by atoms with Crippen LogP contribution in [0, 0.1) is 18.7 Å². The number of fused-ring (bicyclic) bond motifs is 5. The normalized spacial score (nSPS) is 20.1. The summed E-state index contributed by atoms with van der Waals surface area (Å²) >= 11 is 0. The van der Waals surface area contributed by atoms with E-state index in [2.05, 4.69) is 20.1 Å². The van der Waals surface area contributed by atoms with Crippen molar-refractivity contribution in [3.05, 3.63) is 71.9 Å². The molecule has 7 rings (SSSR count). The van der Waals surface area contributed by atoms with Gasteiger partial charge in [-0.15, -0.1) is 0 Å². The molecule has 4 aromatic rings. The van der Waals surface area contributed by atoms with E-state index in [1.165, 1.54) is 16.9 Å². The van der Waals surface area contributed by atoms with Gasteiger partial charge in [0.1, 0.15) is 5.82 Å². The Morgan fingerprint density at radius 3 is 2.74 bits per heavy atom. The van der Waals surface area contributed by atoms with Gasteiger partial charge in [-0.25, -0.2) is 14.4 Å². The summed E-state index contributed by atoms with van der Waals surface area (Å²) in [6.07, 6.45) is 6.89. The summed E-state index contributed by atoms with van der Waals surface area (Å²) in [5, 5.41) is 9.16. The van der Waals surface area contributed by atoms with E-state index < -0.39 is 0 Å². The van der Waals surface area contributed by atoms with Crippen molar-refractivity contribution >= 4 is 22.8 Å². The van der Waals surface area contributed by atoms with Gasteiger partial charge in [0.15, 0.2) is 0 Å². The Bertz CT molecular complexity index is 1370. The molecule has 2 aromatic heterocycles. The molecule has 3 fully saturated rings. The number of aromatic nitrogens is 5. The van der Waals surface area contributed by atoms with Crippen LogP contribution in [0.15, 0.2) is 55.0 Å². The maximum atomic E-state index is 13.8. The number of piperidine rings is 1. The maximum absolute atomic E-state index is 13.8. The van der Waals surface area contributed by atoms with Crippen LogP contribution in [-0.4, -0.2) is 61.4 Å². The minimum atomic E-state index is -0.299. The number of amides is 1. The SMILES string of the molecule is Cc1ccc(-n2nccn2)c(C(=O)N2CC3CCC2CN(c2ncc4cc(F)ccc4n2)C3)c1. The monoisotopic (exact) mass is 457 g/mol. The molecule has 0 radical (unpaired) electrons. The van der Waals surface area contributed by atoms with Gasteiger partial charge >= 0.3 is 0 Å². The Labute approximate surface area is 196 Å². The summed E-state index contributed by atoms with van der Waals surface area (Å²) < 4.78 is 13.5. The second-order valence-electron chi connectivity index (χ2n) is 9.17. The molecule has 2 aromatic carbocycles. The van der Waals surface area contributed by atoms with Gasteiger partial charge in [0.2, 0.25) is 5.95 Å². The highest BCUT2D eigenvalue weighted by Crippen LogP contribution is 2.32. The largest absolute Gasteiger partial charge is 0.338 e. The molecule has 1 amide bonds. The third-order valence-corrected chi connectivity index (χ3v) is 6.80. The van der Waals surface area contributed by atoms with Gasteiger partial charge in [0.05, 0.1) is 29.2 Å².